The summed E-state index contributed by atoms with van der Waals surface area (Å²) in [5, 5.41) is 10.5. The van der Waals surface area contributed by atoms with Crippen LogP contribution in [0.25, 0.3) is 0 Å². The van der Waals surface area contributed by atoms with Crippen LogP contribution in [-0.4, -0.2) is 57.3 Å². The number of esters is 1. The molecule has 36 heavy (non-hydrogen) atoms. The second-order valence-electron chi connectivity index (χ2n) is 8.50. The summed E-state index contributed by atoms with van der Waals surface area (Å²) in [5.74, 6) is -0.538. The zero-order valence-corrected chi connectivity index (χ0v) is 20.9. The van der Waals surface area contributed by atoms with Crippen LogP contribution in [0, 0.1) is 0 Å². The number of nitrogens with zero attached hydrogens (tertiary/aromatic N) is 2. The van der Waals surface area contributed by atoms with Crippen molar-refractivity contribution in [2.75, 3.05) is 6.61 Å². The van der Waals surface area contributed by atoms with Crippen LogP contribution in [0.1, 0.15) is 33.9 Å². The van der Waals surface area contributed by atoms with Gasteiger partial charge in [-0.15, -0.1) is 0 Å². The number of carbonyl (C=O) groups is 1. The predicted molar refractivity (Wildman–Crippen MR) is 123 cm³/mol. The van der Waals surface area contributed by atoms with Crippen LogP contribution >= 0.6 is 8.17 Å². The molecule has 0 bridgehead atoms. The van der Waals surface area contributed by atoms with E-state index in [2.05, 4.69) is 4.74 Å². The number of ether oxygens (including phenoxy) is 3. The summed E-state index contributed by atoms with van der Waals surface area (Å²) < 4.78 is 41.5. The minimum Gasteiger partial charge on any atom is -0.575 e. The van der Waals surface area contributed by atoms with Crippen LogP contribution < -0.4 is 25.4 Å². The maximum atomic E-state index is 15.3. The number of rotatable bonds is 9. The van der Waals surface area contributed by atoms with Crippen LogP contribution in [-0.2, 0) is 14.3 Å². The van der Waals surface area contributed by atoms with Gasteiger partial charge in [-0.3, -0.25) is 18.9 Å². The van der Waals surface area contributed by atoms with E-state index in [1.54, 1.807) is 26.0 Å². The summed E-state index contributed by atoms with van der Waals surface area (Å²) in [4.78, 5) is 49.6. The number of alkyl halides is 1. The lowest BCUT2D eigenvalue weighted by atomic mass is 9.98. The van der Waals surface area contributed by atoms with Crippen molar-refractivity contribution >= 4 is 14.1 Å². The quantitative estimate of drug-likeness (QED) is 0.360. The van der Waals surface area contributed by atoms with E-state index in [0.29, 0.717) is 0 Å². The molecule has 1 aromatic heterocycles. The number of hydrogen-bond donors (Lipinski definition) is 2. The zero-order valence-electron chi connectivity index (χ0n) is 20.0. The number of hydrogen-bond acceptors (Lipinski definition) is 10. The molecule has 14 heteroatoms. The van der Waals surface area contributed by atoms with Crippen LogP contribution in [0.2, 0.25) is 0 Å². The van der Waals surface area contributed by atoms with Gasteiger partial charge in [0.15, 0.2) is 23.7 Å². The molecule has 0 aliphatic carbocycles. The Kier molecular flexibility index (Phi) is 8.62. The van der Waals surface area contributed by atoms with Gasteiger partial charge in [-0.2, -0.15) is 0 Å². The lowest BCUT2D eigenvalue weighted by molar-refractivity contribution is -0.170. The summed E-state index contributed by atoms with van der Waals surface area (Å²) in [6, 6.07) is 6.11. The monoisotopic (exact) mass is 527 g/mol. The number of halogens is 1. The molecule has 0 amide bonds. The van der Waals surface area contributed by atoms with Crippen LogP contribution in [0.5, 0.6) is 11.5 Å². The molecule has 1 aliphatic rings. The molecule has 1 unspecified atom stereocenters. The van der Waals surface area contributed by atoms with Gasteiger partial charge in [-0.05, 0) is 39.8 Å². The molecule has 3 rings (SSSR count). The molecule has 1 aromatic carbocycles. The fourth-order valence-electron chi connectivity index (χ4n) is 3.41. The Morgan fingerprint density at radius 3 is 2.61 bits per heavy atom. The standard InChI is InChI=1S/C22H27FN3O9P/c1-12(2)33-19(29)13(3)25-36(31)35-15-8-6-5-7-14(15)32-11-16-18(28)22(4,23)20(34-16)26-10-9-17(27)24-21(26)30/h5-10,12-13,16,18,20,28H,11H2,1-4H3,(H,24,27,30)/t13-,16+,18+,20+,22+/m0/s1. The smallest absolute Gasteiger partial charge is 0.395 e. The summed E-state index contributed by atoms with van der Waals surface area (Å²) in [6.07, 6.45) is -3.71. The summed E-state index contributed by atoms with van der Waals surface area (Å²) in [5.41, 5.74) is -3.96. The van der Waals surface area contributed by atoms with Crippen molar-refractivity contribution in [1.29, 1.82) is 0 Å². The van der Waals surface area contributed by atoms with Crippen LogP contribution in [0.15, 0.2) is 50.9 Å². The number of aromatic nitrogens is 2. The fourth-order valence-corrected chi connectivity index (χ4v) is 4.15. The van der Waals surface area contributed by atoms with E-state index < -0.39 is 55.5 Å². The maximum absolute atomic E-state index is 15.3. The number of aromatic amines is 1. The van der Waals surface area contributed by atoms with Gasteiger partial charge in [-0.1, -0.05) is 16.9 Å². The molecule has 6 atom stereocenters. The molecule has 12 nitrogen and oxygen atoms in total. The normalized spacial score (nSPS) is 25.0. The average Bonchev–Trinajstić information content (AvgIpc) is 3.01. The Morgan fingerprint density at radius 1 is 1.31 bits per heavy atom. The van der Waals surface area contributed by atoms with Crippen molar-refractivity contribution in [3.63, 3.8) is 0 Å². The number of carbonyl (C=O) groups excluding carboxylic acids is 1. The molecular formula is C22H27FN3O9P. The molecule has 196 valence electrons. The van der Waals surface area contributed by atoms with Gasteiger partial charge in [-0.25, -0.2) is 14.0 Å². The van der Waals surface area contributed by atoms with Gasteiger partial charge >= 0.3 is 19.8 Å². The number of nitrogens with one attached hydrogen (secondary N) is 1. The summed E-state index contributed by atoms with van der Waals surface area (Å²) in [7, 11) is -2.67. The highest BCUT2D eigenvalue weighted by Crippen LogP contribution is 2.41. The minimum atomic E-state index is -2.67. The molecule has 0 saturated carbocycles. The molecule has 1 fully saturated rings. The van der Waals surface area contributed by atoms with Gasteiger partial charge in [0, 0.05) is 12.3 Å². The molecule has 1 aliphatic heterocycles. The third-order valence-corrected chi connectivity index (χ3v) is 6.10. The number of aliphatic hydroxyl groups excluding tert-OH is 1. The topological polar surface area (TPSA) is 164 Å². The Labute approximate surface area is 206 Å². The second kappa shape index (κ2) is 11.3. The van der Waals surface area contributed by atoms with Crippen molar-refractivity contribution in [3.8, 4) is 11.5 Å². The largest absolute Gasteiger partial charge is 0.575 e. The van der Waals surface area contributed by atoms with Crippen LogP contribution in [0.4, 0.5) is 4.39 Å². The molecule has 0 spiro atoms. The van der Waals surface area contributed by atoms with E-state index in [4.69, 9.17) is 18.7 Å². The Bertz CT molecular complexity index is 1230. The van der Waals surface area contributed by atoms with E-state index in [1.807, 2.05) is 4.98 Å². The van der Waals surface area contributed by atoms with E-state index >= 15 is 4.39 Å². The molecule has 2 heterocycles. The van der Waals surface area contributed by atoms with Gasteiger partial charge in [0.1, 0.15) is 18.8 Å². The highest BCUT2D eigenvalue weighted by molar-refractivity contribution is 7.34. The predicted octanol–water partition coefficient (Wildman–Crippen LogP) is 1.18. The summed E-state index contributed by atoms with van der Waals surface area (Å²) in [6.45, 7) is 5.47. The van der Waals surface area contributed by atoms with Crippen molar-refractivity contribution in [2.24, 2.45) is 4.74 Å². The average molecular weight is 527 g/mol. The lowest BCUT2D eigenvalue weighted by Gasteiger charge is -2.24. The maximum Gasteiger partial charge on any atom is 0.395 e. The zero-order chi connectivity index (χ0) is 26.6. The van der Waals surface area contributed by atoms with Gasteiger partial charge < -0.3 is 24.2 Å². The van der Waals surface area contributed by atoms with E-state index in [1.165, 1.54) is 19.1 Å². The first-order valence-electron chi connectivity index (χ1n) is 11.0. The first-order valence-corrected chi connectivity index (χ1v) is 12.2. The Morgan fingerprint density at radius 2 is 1.97 bits per heavy atom. The molecule has 0 radical (unpaired) electrons. The van der Waals surface area contributed by atoms with E-state index in [0.717, 1.165) is 23.8 Å². The van der Waals surface area contributed by atoms with Crippen LogP contribution in [0.3, 0.4) is 0 Å². The molecule has 2 aromatic rings. The fraction of sp³-hybridized carbons (Fsp3) is 0.500. The second-order valence-corrected chi connectivity index (χ2v) is 9.39. The van der Waals surface area contributed by atoms with Gasteiger partial charge in [0.05, 0.1) is 6.10 Å². The molecular weight excluding hydrogens is 500 g/mol. The first-order chi connectivity index (χ1) is 16.9. The Balaban J connectivity index is 1.71. The third-order valence-electron chi connectivity index (χ3n) is 5.21. The SMILES string of the molecule is CC(C)OC(=O)[C@H](C)N=[P+]([O-])Oc1ccccc1OC[C@H]1O[C@@H](n2ccc(=O)[nH]c2=O)[C@](C)(F)[C@@H]1O. The van der Waals surface area contributed by atoms with Crippen molar-refractivity contribution < 1.29 is 37.9 Å². The number of benzene rings is 1. The van der Waals surface area contributed by atoms with E-state index in [-0.39, 0.29) is 24.2 Å². The van der Waals surface area contributed by atoms with Crippen molar-refractivity contribution in [3.05, 3.63) is 57.4 Å². The number of aliphatic hydroxyl groups is 1. The van der Waals surface area contributed by atoms with Gasteiger partial charge in [0.2, 0.25) is 5.75 Å². The van der Waals surface area contributed by atoms with Crippen molar-refractivity contribution in [1.82, 2.24) is 9.55 Å². The van der Waals surface area contributed by atoms with E-state index in [9.17, 15) is 24.4 Å². The van der Waals surface area contributed by atoms with Crippen molar-refractivity contribution in [2.45, 2.75) is 63.9 Å². The number of H-pyrrole nitrogens is 1. The first kappa shape index (κ1) is 27.5. The number of para-hydroxylation sites is 2. The van der Waals surface area contributed by atoms with Gasteiger partial charge in [0.25, 0.3) is 5.56 Å². The highest BCUT2D eigenvalue weighted by atomic mass is 31.1. The molecule has 1 saturated heterocycles. The third kappa shape index (κ3) is 6.35. The Hall–Kier alpha value is -3.12. The summed E-state index contributed by atoms with van der Waals surface area (Å²) >= 11 is 0. The molecule has 2 N–H and O–H groups in total. The lowest BCUT2D eigenvalue weighted by Crippen LogP contribution is -2.43. The minimum absolute atomic E-state index is 0.0238. The highest BCUT2D eigenvalue weighted by Gasteiger charge is 2.55.